The van der Waals surface area contributed by atoms with E-state index in [0.29, 0.717) is 11.4 Å². The number of hydrogen-bond acceptors (Lipinski definition) is 5. The second kappa shape index (κ2) is 7.17. The van der Waals surface area contributed by atoms with Crippen LogP contribution in [0.25, 0.3) is 11.1 Å². The highest BCUT2D eigenvalue weighted by atomic mass is 19.1. The van der Waals surface area contributed by atoms with Crippen LogP contribution in [0, 0.1) is 12.9 Å². The van der Waals surface area contributed by atoms with Crippen molar-refractivity contribution in [3.63, 3.8) is 0 Å². The standard InChI is InChI=1S/C19H18FN3O2/c1-12-10-22-18(21)9-16(12)14-7-17(20)23-19(8-14)25-11-13-3-5-15(24-2)6-4-13/h3-10H,11H2,1-2H3,(H2,21,22). The zero-order chi connectivity index (χ0) is 17.8. The largest absolute Gasteiger partial charge is 0.497 e. The van der Waals surface area contributed by atoms with Crippen LogP contribution in [0.5, 0.6) is 11.6 Å². The number of pyridine rings is 2. The normalized spacial score (nSPS) is 10.5. The lowest BCUT2D eigenvalue weighted by Crippen LogP contribution is -2.00. The molecule has 0 fully saturated rings. The molecule has 128 valence electrons. The minimum atomic E-state index is -0.614. The van der Waals surface area contributed by atoms with E-state index >= 15 is 0 Å². The number of nitrogens with two attached hydrogens (primary N) is 1. The van der Waals surface area contributed by atoms with Crippen molar-refractivity contribution in [1.82, 2.24) is 9.97 Å². The molecular formula is C19H18FN3O2. The summed E-state index contributed by atoms with van der Waals surface area (Å²) in [4.78, 5) is 7.83. The van der Waals surface area contributed by atoms with Crippen molar-refractivity contribution in [2.75, 3.05) is 12.8 Å². The number of aromatic nitrogens is 2. The molecule has 6 heteroatoms. The number of anilines is 1. The summed E-state index contributed by atoms with van der Waals surface area (Å²) in [6.07, 6.45) is 1.65. The van der Waals surface area contributed by atoms with Gasteiger partial charge in [-0.1, -0.05) is 12.1 Å². The number of benzene rings is 1. The lowest BCUT2D eigenvalue weighted by atomic mass is 10.0. The van der Waals surface area contributed by atoms with Gasteiger partial charge in [0, 0.05) is 18.3 Å². The Labute approximate surface area is 145 Å². The van der Waals surface area contributed by atoms with Crippen LogP contribution in [0.3, 0.4) is 0 Å². The van der Waals surface area contributed by atoms with Gasteiger partial charge >= 0.3 is 0 Å². The number of rotatable bonds is 5. The number of nitrogens with zero attached hydrogens (tertiary/aromatic N) is 2. The first-order chi connectivity index (χ1) is 12.0. The maximum absolute atomic E-state index is 13.9. The average Bonchev–Trinajstić information content (AvgIpc) is 2.62. The molecule has 3 aromatic rings. The molecule has 0 saturated carbocycles. The highest BCUT2D eigenvalue weighted by Crippen LogP contribution is 2.27. The molecule has 0 atom stereocenters. The van der Waals surface area contributed by atoms with Crippen LogP contribution in [0.15, 0.2) is 48.7 Å². The molecule has 2 heterocycles. The van der Waals surface area contributed by atoms with Crippen LogP contribution in [-0.2, 0) is 6.61 Å². The van der Waals surface area contributed by atoms with Crippen molar-refractivity contribution in [2.45, 2.75) is 13.5 Å². The van der Waals surface area contributed by atoms with E-state index in [1.165, 1.54) is 6.07 Å². The zero-order valence-electron chi connectivity index (χ0n) is 14.0. The predicted molar refractivity (Wildman–Crippen MR) is 93.9 cm³/mol. The van der Waals surface area contributed by atoms with E-state index in [1.54, 1.807) is 25.4 Å². The van der Waals surface area contributed by atoms with Gasteiger partial charge in [-0.3, -0.25) is 0 Å². The first kappa shape index (κ1) is 16.7. The first-order valence-corrected chi connectivity index (χ1v) is 7.71. The van der Waals surface area contributed by atoms with Crippen molar-refractivity contribution in [1.29, 1.82) is 0 Å². The Morgan fingerprint density at radius 2 is 1.88 bits per heavy atom. The Kier molecular flexibility index (Phi) is 4.79. The number of aryl methyl sites for hydroxylation is 1. The number of nitrogen functional groups attached to an aromatic ring is 1. The van der Waals surface area contributed by atoms with E-state index in [-0.39, 0.29) is 12.5 Å². The van der Waals surface area contributed by atoms with Crippen LogP contribution in [0.4, 0.5) is 10.2 Å². The van der Waals surface area contributed by atoms with Crippen molar-refractivity contribution >= 4 is 5.82 Å². The van der Waals surface area contributed by atoms with Gasteiger partial charge in [0.15, 0.2) is 0 Å². The van der Waals surface area contributed by atoms with Gasteiger partial charge in [-0.2, -0.15) is 9.37 Å². The minimum absolute atomic E-state index is 0.209. The molecule has 3 rings (SSSR count). The molecule has 0 spiro atoms. The molecule has 2 aromatic heterocycles. The van der Waals surface area contributed by atoms with Gasteiger partial charge in [-0.15, -0.1) is 0 Å². The van der Waals surface area contributed by atoms with Crippen LogP contribution in [-0.4, -0.2) is 17.1 Å². The van der Waals surface area contributed by atoms with Crippen LogP contribution >= 0.6 is 0 Å². The summed E-state index contributed by atoms with van der Waals surface area (Å²) in [7, 11) is 1.61. The predicted octanol–water partition coefficient (Wildman–Crippen LogP) is 3.76. The molecule has 0 saturated heterocycles. The van der Waals surface area contributed by atoms with Crippen molar-refractivity contribution in [3.8, 4) is 22.8 Å². The second-order valence-electron chi connectivity index (χ2n) is 5.58. The molecule has 2 N–H and O–H groups in total. The molecule has 0 unspecified atom stereocenters. The maximum atomic E-state index is 13.9. The third kappa shape index (κ3) is 4.03. The number of hydrogen-bond donors (Lipinski definition) is 1. The van der Waals surface area contributed by atoms with E-state index in [4.69, 9.17) is 15.2 Å². The summed E-state index contributed by atoms with van der Waals surface area (Å²) in [6.45, 7) is 2.16. The van der Waals surface area contributed by atoms with Crippen molar-refractivity contribution in [3.05, 3.63) is 65.7 Å². The lowest BCUT2D eigenvalue weighted by molar-refractivity contribution is 0.289. The summed E-state index contributed by atoms with van der Waals surface area (Å²) in [5.41, 5.74) is 8.99. The molecule has 0 aliphatic heterocycles. The Hall–Kier alpha value is -3.15. The van der Waals surface area contributed by atoms with Crippen LogP contribution < -0.4 is 15.2 Å². The molecule has 0 amide bonds. The van der Waals surface area contributed by atoms with Gasteiger partial charge < -0.3 is 15.2 Å². The van der Waals surface area contributed by atoms with Gasteiger partial charge in [0.05, 0.1) is 7.11 Å². The second-order valence-corrected chi connectivity index (χ2v) is 5.58. The maximum Gasteiger partial charge on any atom is 0.216 e. The Morgan fingerprint density at radius 1 is 1.12 bits per heavy atom. The topological polar surface area (TPSA) is 70.3 Å². The summed E-state index contributed by atoms with van der Waals surface area (Å²) < 4.78 is 24.7. The molecule has 1 aromatic carbocycles. The number of halogens is 1. The van der Waals surface area contributed by atoms with Gasteiger partial charge in [0.25, 0.3) is 0 Å². The molecular weight excluding hydrogens is 321 g/mol. The molecule has 0 aliphatic rings. The fourth-order valence-corrected chi connectivity index (χ4v) is 2.43. The van der Waals surface area contributed by atoms with E-state index in [1.807, 2.05) is 31.2 Å². The van der Waals surface area contributed by atoms with Crippen molar-refractivity contribution in [2.24, 2.45) is 0 Å². The SMILES string of the molecule is COc1ccc(COc2cc(-c3cc(N)ncc3C)cc(F)n2)cc1. The lowest BCUT2D eigenvalue weighted by Gasteiger charge is -2.10. The molecule has 0 radical (unpaired) electrons. The molecule has 0 bridgehead atoms. The monoisotopic (exact) mass is 339 g/mol. The number of ether oxygens (including phenoxy) is 2. The highest BCUT2D eigenvalue weighted by Gasteiger charge is 2.09. The van der Waals surface area contributed by atoms with Gasteiger partial charge in [0.2, 0.25) is 11.8 Å². The van der Waals surface area contributed by atoms with Gasteiger partial charge in [-0.25, -0.2) is 4.98 Å². The van der Waals surface area contributed by atoms with E-state index in [9.17, 15) is 4.39 Å². The van der Waals surface area contributed by atoms with E-state index in [0.717, 1.165) is 22.4 Å². The van der Waals surface area contributed by atoms with E-state index in [2.05, 4.69) is 9.97 Å². The molecule has 25 heavy (non-hydrogen) atoms. The smallest absolute Gasteiger partial charge is 0.216 e. The molecule has 5 nitrogen and oxygen atoms in total. The summed E-state index contributed by atoms with van der Waals surface area (Å²) in [5.74, 6) is 0.733. The Balaban J connectivity index is 1.82. The third-order valence-corrected chi connectivity index (χ3v) is 3.75. The van der Waals surface area contributed by atoms with Gasteiger partial charge in [0.1, 0.15) is 18.2 Å². The number of methoxy groups -OCH3 is 1. The van der Waals surface area contributed by atoms with Crippen molar-refractivity contribution < 1.29 is 13.9 Å². The zero-order valence-corrected chi connectivity index (χ0v) is 14.0. The fourth-order valence-electron chi connectivity index (χ4n) is 2.43. The summed E-state index contributed by atoms with van der Waals surface area (Å²) >= 11 is 0. The quantitative estimate of drug-likeness (QED) is 0.717. The average molecular weight is 339 g/mol. The van der Waals surface area contributed by atoms with E-state index < -0.39 is 5.95 Å². The fraction of sp³-hybridized carbons (Fsp3) is 0.158. The third-order valence-electron chi connectivity index (χ3n) is 3.75. The minimum Gasteiger partial charge on any atom is -0.497 e. The Morgan fingerprint density at radius 3 is 2.60 bits per heavy atom. The Bertz CT molecular complexity index is 882. The summed E-state index contributed by atoms with van der Waals surface area (Å²) in [6, 6.07) is 12.2. The van der Waals surface area contributed by atoms with Crippen LogP contribution in [0.1, 0.15) is 11.1 Å². The van der Waals surface area contributed by atoms with Gasteiger partial charge in [-0.05, 0) is 47.4 Å². The summed E-state index contributed by atoms with van der Waals surface area (Å²) in [5, 5.41) is 0. The highest BCUT2D eigenvalue weighted by molar-refractivity contribution is 5.69. The first-order valence-electron chi connectivity index (χ1n) is 7.71. The van der Waals surface area contributed by atoms with Crippen LogP contribution in [0.2, 0.25) is 0 Å². The molecule has 0 aliphatic carbocycles.